The first-order valence-corrected chi connectivity index (χ1v) is 5.62. The van der Waals surface area contributed by atoms with Crippen LogP contribution in [-0.4, -0.2) is 21.4 Å². The minimum Gasteiger partial charge on any atom is -0.358 e. The normalized spacial score (nSPS) is 25.2. The molecule has 1 unspecified atom stereocenters. The van der Waals surface area contributed by atoms with Gasteiger partial charge in [0.1, 0.15) is 12.1 Å². The number of aromatic nitrogens is 3. The summed E-state index contributed by atoms with van der Waals surface area (Å²) in [5, 5.41) is 6.48. The van der Waals surface area contributed by atoms with Crippen LogP contribution in [0.3, 0.4) is 0 Å². The maximum atomic E-state index is 11.5. The van der Waals surface area contributed by atoms with Crippen molar-refractivity contribution in [1.82, 2.24) is 14.8 Å². The molecule has 1 atom stereocenters. The third-order valence-corrected chi connectivity index (χ3v) is 3.14. The highest BCUT2D eigenvalue weighted by molar-refractivity contribution is 4.92. The SMILES string of the molecule is O=c1[nH]nc2n1C(OCC1CC1)CCC2. The summed E-state index contributed by atoms with van der Waals surface area (Å²) in [5.41, 5.74) is -0.134. The number of nitrogens with zero attached hydrogens (tertiary/aromatic N) is 2. The van der Waals surface area contributed by atoms with Crippen molar-refractivity contribution in [3.63, 3.8) is 0 Å². The highest BCUT2D eigenvalue weighted by Crippen LogP contribution is 2.31. The zero-order chi connectivity index (χ0) is 10.3. The van der Waals surface area contributed by atoms with Crippen LogP contribution in [0.25, 0.3) is 0 Å². The van der Waals surface area contributed by atoms with E-state index in [9.17, 15) is 4.79 Å². The van der Waals surface area contributed by atoms with Crippen molar-refractivity contribution < 1.29 is 4.74 Å². The van der Waals surface area contributed by atoms with Gasteiger partial charge in [-0.25, -0.2) is 9.89 Å². The Bertz CT molecular complexity index is 405. The van der Waals surface area contributed by atoms with Crippen molar-refractivity contribution in [2.45, 2.75) is 38.3 Å². The predicted molar refractivity (Wildman–Crippen MR) is 53.5 cm³/mol. The second kappa shape index (κ2) is 3.48. The number of ether oxygens (including phenoxy) is 1. The van der Waals surface area contributed by atoms with E-state index in [1.54, 1.807) is 4.57 Å². The average Bonchev–Trinajstić information content (AvgIpc) is 3.00. The molecule has 5 nitrogen and oxygen atoms in total. The largest absolute Gasteiger partial charge is 0.358 e. The molecule has 0 spiro atoms. The van der Waals surface area contributed by atoms with Crippen molar-refractivity contribution >= 4 is 0 Å². The van der Waals surface area contributed by atoms with Gasteiger partial charge in [-0.2, -0.15) is 5.10 Å². The number of hydrogen-bond acceptors (Lipinski definition) is 3. The minimum absolute atomic E-state index is 0.0828. The molecule has 0 radical (unpaired) electrons. The summed E-state index contributed by atoms with van der Waals surface area (Å²) in [4.78, 5) is 11.5. The van der Waals surface area contributed by atoms with Crippen molar-refractivity contribution in [2.75, 3.05) is 6.61 Å². The summed E-state index contributed by atoms with van der Waals surface area (Å²) in [7, 11) is 0. The third kappa shape index (κ3) is 1.71. The number of aryl methyl sites for hydroxylation is 1. The Morgan fingerprint density at radius 1 is 1.47 bits per heavy atom. The lowest BCUT2D eigenvalue weighted by Crippen LogP contribution is -2.29. The van der Waals surface area contributed by atoms with Gasteiger partial charge in [0, 0.05) is 6.42 Å². The van der Waals surface area contributed by atoms with Crippen LogP contribution in [0.2, 0.25) is 0 Å². The molecule has 82 valence electrons. The van der Waals surface area contributed by atoms with E-state index in [-0.39, 0.29) is 11.9 Å². The Morgan fingerprint density at radius 2 is 2.33 bits per heavy atom. The molecule has 0 aromatic carbocycles. The standard InChI is InChI=1S/C10H15N3O2/c14-10-12-11-8-2-1-3-9(13(8)10)15-6-7-4-5-7/h7,9H,1-6H2,(H,12,14). The summed E-state index contributed by atoms with van der Waals surface area (Å²) < 4.78 is 7.45. The number of H-pyrrole nitrogens is 1. The lowest BCUT2D eigenvalue weighted by Gasteiger charge is -2.23. The molecule has 0 saturated heterocycles. The van der Waals surface area contributed by atoms with Crippen LogP contribution in [0.4, 0.5) is 0 Å². The van der Waals surface area contributed by atoms with Crippen molar-refractivity contribution in [3.8, 4) is 0 Å². The Kier molecular flexibility index (Phi) is 2.12. The molecule has 0 bridgehead atoms. The molecule has 1 aromatic heterocycles. The zero-order valence-electron chi connectivity index (χ0n) is 8.61. The second-order valence-corrected chi connectivity index (χ2v) is 4.44. The number of aromatic amines is 1. The first kappa shape index (κ1) is 9.15. The lowest BCUT2D eigenvalue weighted by atomic mass is 10.1. The molecule has 15 heavy (non-hydrogen) atoms. The molecule has 1 aliphatic carbocycles. The van der Waals surface area contributed by atoms with Crippen molar-refractivity contribution in [1.29, 1.82) is 0 Å². The van der Waals surface area contributed by atoms with Crippen LogP contribution in [0.15, 0.2) is 4.79 Å². The summed E-state index contributed by atoms with van der Waals surface area (Å²) in [6.45, 7) is 0.793. The maximum absolute atomic E-state index is 11.5. The Hall–Kier alpha value is -1.10. The number of nitrogens with one attached hydrogen (secondary N) is 1. The zero-order valence-corrected chi connectivity index (χ0v) is 8.61. The number of fused-ring (bicyclic) bond motifs is 1. The summed E-state index contributed by atoms with van der Waals surface area (Å²) in [6, 6.07) is 0. The third-order valence-electron chi connectivity index (χ3n) is 3.14. The van der Waals surface area contributed by atoms with Crippen LogP contribution in [0.5, 0.6) is 0 Å². The maximum Gasteiger partial charge on any atom is 0.345 e. The molecule has 1 fully saturated rings. The second-order valence-electron chi connectivity index (χ2n) is 4.44. The van der Waals surface area contributed by atoms with E-state index < -0.39 is 0 Å². The van der Waals surface area contributed by atoms with Gasteiger partial charge < -0.3 is 4.74 Å². The lowest BCUT2D eigenvalue weighted by molar-refractivity contribution is -0.0210. The van der Waals surface area contributed by atoms with Gasteiger partial charge in [-0.3, -0.25) is 4.57 Å². The fourth-order valence-corrected chi connectivity index (χ4v) is 2.06. The van der Waals surface area contributed by atoms with Crippen LogP contribution in [0.1, 0.15) is 37.7 Å². The minimum atomic E-state index is -0.134. The molecule has 1 aliphatic heterocycles. The monoisotopic (exact) mass is 209 g/mol. The van der Waals surface area contributed by atoms with E-state index >= 15 is 0 Å². The fourth-order valence-electron chi connectivity index (χ4n) is 2.06. The van der Waals surface area contributed by atoms with Crippen molar-refractivity contribution in [2.24, 2.45) is 5.92 Å². The molecule has 1 saturated carbocycles. The molecular formula is C10H15N3O2. The Morgan fingerprint density at radius 3 is 3.13 bits per heavy atom. The van der Waals surface area contributed by atoms with E-state index in [0.717, 1.165) is 37.6 Å². The first-order chi connectivity index (χ1) is 7.34. The first-order valence-electron chi connectivity index (χ1n) is 5.62. The average molecular weight is 209 g/mol. The number of hydrogen-bond donors (Lipinski definition) is 1. The van der Waals surface area contributed by atoms with Crippen molar-refractivity contribution in [3.05, 3.63) is 16.3 Å². The molecule has 2 aliphatic rings. The quantitative estimate of drug-likeness (QED) is 0.802. The van der Waals surface area contributed by atoms with Gasteiger partial charge in [0.25, 0.3) is 0 Å². The van der Waals surface area contributed by atoms with Gasteiger partial charge in [-0.05, 0) is 31.6 Å². The van der Waals surface area contributed by atoms with Gasteiger partial charge in [0.05, 0.1) is 6.61 Å². The predicted octanol–water partition coefficient (Wildman–Crippen LogP) is 0.833. The summed E-state index contributed by atoms with van der Waals surface area (Å²) in [6.07, 6.45) is 5.33. The van der Waals surface area contributed by atoms with Crippen LogP contribution in [-0.2, 0) is 11.2 Å². The fraction of sp³-hybridized carbons (Fsp3) is 0.800. The van der Waals surface area contributed by atoms with Crippen LogP contribution in [0, 0.1) is 5.92 Å². The molecular weight excluding hydrogens is 194 g/mol. The van der Waals surface area contributed by atoms with Gasteiger partial charge >= 0.3 is 5.69 Å². The molecule has 5 heteroatoms. The Balaban J connectivity index is 1.78. The van der Waals surface area contributed by atoms with E-state index in [1.165, 1.54) is 12.8 Å². The van der Waals surface area contributed by atoms with Crippen LogP contribution >= 0.6 is 0 Å². The van der Waals surface area contributed by atoms with Crippen LogP contribution < -0.4 is 5.69 Å². The topological polar surface area (TPSA) is 59.9 Å². The Labute approximate surface area is 87.4 Å². The molecule has 1 N–H and O–H groups in total. The van der Waals surface area contributed by atoms with Gasteiger partial charge in [0.15, 0.2) is 0 Å². The smallest absolute Gasteiger partial charge is 0.345 e. The van der Waals surface area contributed by atoms with E-state index in [4.69, 9.17) is 4.74 Å². The molecule has 3 rings (SSSR count). The van der Waals surface area contributed by atoms with E-state index in [1.807, 2.05) is 0 Å². The number of rotatable bonds is 3. The highest BCUT2D eigenvalue weighted by atomic mass is 16.5. The molecule has 2 heterocycles. The molecule has 0 amide bonds. The van der Waals surface area contributed by atoms with Gasteiger partial charge in [-0.1, -0.05) is 0 Å². The van der Waals surface area contributed by atoms with Gasteiger partial charge in [-0.15, -0.1) is 0 Å². The van der Waals surface area contributed by atoms with Gasteiger partial charge in [0.2, 0.25) is 0 Å². The molecule has 1 aromatic rings. The van der Waals surface area contributed by atoms with E-state index in [0.29, 0.717) is 0 Å². The summed E-state index contributed by atoms with van der Waals surface area (Å²) >= 11 is 0. The van der Waals surface area contributed by atoms with E-state index in [2.05, 4.69) is 10.2 Å². The summed E-state index contributed by atoms with van der Waals surface area (Å²) in [5.74, 6) is 1.57. The highest BCUT2D eigenvalue weighted by Gasteiger charge is 2.27.